The second kappa shape index (κ2) is 9.33. The van der Waals surface area contributed by atoms with E-state index < -0.39 is 0 Å². The third-order valence-corrected chi connectivity index (χ3v) is 5.79. The Bertz CT molecular complexity index is 963. The molecule has 0 heterocycles. The van der Waals surface area contributed by atoms with Gasteiger partial charge in [-0.3, -0.25) is 0 Å². The van der Waals surface area contributed by atoms with Gasteiger partial charge in [0.1, 0.15) is 12.4 Å². The fraction of sp³-hybridized carbons (Fsp3) is 0.143. The molecule has 1 N–H and O–H groups in total. The second-order valence-electron chi connectivity index (χ2n) is 6.06. The summed E-state index contributed by atoms with van der Waals surface area (Å²) in [6.45, 7) is 3.03. The Morgan fingerprint density at radius 2 is 1.78 bits per heavy atom. The summed E-state index contributed by atoms with van der Waals surface area (Å²) in [4.78, 5) is 0. The van der Waals surface area contributed by atoms with Gasteiger partial charge in [0.05, 0.1) is 4.47 Å². The molecule has 0 unspecified atom stereocenters. The number of ether oxygens (including phenoxy) is 1. The van der Waals surface area contributed by atoms with Crippen LogP contribution in [0.2, 0.25) is 10.0 Å². The topological polar surface area (TPSA) is 21.3 Å². The van der Waals surface area contributed by atoms with Gasteiger partial charge in [0.15, 0.2) is 0 Å². The molecule has 0 fully saturated rings. The van der Waals surface area contributed by atoms with Crippen LogP contribution in [0, 0.1) is 6.92 Å². The molecule has 0 bridgehead atoms. The molecule has 0 aliphatic carbocycles. The standard InChI is InChI=1S/C21H17Br2Cl2NO/c1-13-19(25)6-3-7-20(13)26-11-15-9-16(22)10-18(23)21(15)27-12-14-4-2-5-17(24)8-14/h2-10,26H,11-12H2,1H3. The van der Waals surface area contributed by atoms with E-state index in [4.69, 9.17) is 27.9 Å². The lowest BCUT2D eigenvalue weighted by atomic mass is 10.1. The van der Waals surface area contributed by atoms with Gasteiger partial charge < -0.3 is 10.1 Å². The van der Waals surface area contributed by atoms with Crippen LogP contribution in [-0.2, 0) is 13.2 Å². The number of benzene rings is 3. The summed E-state index contributed by atoms with van der Waals surface area (Å²) < 4.78 is 7.98. The zero-order chi connectivity index (χ0) is 19.4. The molecule has 3 aromatic rings. The highest BCUT2D eigenvalue weighted by atomic mass is 79.9. The molecule has 0 spiro atoms. The largest absolute Gasteiger partial charge is 0.487 e. The molecule has 2 nitrogen and oxygen atoms in total. The predicted molar refractivity (Wildman–Crippen MR) is 121 cm³/mol. The quantitative estimate of drug-likeness (QED) is 0.349. The van der Waals surface area contributed by atoms with Crippen LogP contribution in [0.4, 0.5) is 5.69 Å². The zero-order valence-corrected chi connectivity index (χ0v) is 19.2. The van der Waals surface area contributed by atoms with Gasteiger partial charge in [-0.15, -0.1) is 0 Å². The van der Waals surface area contributed by atoms with Crippen LogP contribution >= 0.6 is 55.1 Å². The summed E-state index contributed by atoms with van der Waals surface area (Å²) >= 11 is 19.4. The van der Waals surface area contributed by atoms with Crippen molar-refractivity contribution < 1.29 is 4.74 Å². The molecule has 0 amide bonds. The Balaban J connectivity index is 1.80. The molecule has 3 rings (SSSR count). The number of rotatable bonds is 6. The lowest BCUT2D eigenvalue weighted by molar-refractivity contribution is 0.301. The summed E-state index contributed by atoms with van der Waals surface area (Å²) in [6.07, 6.45) is 0. The highest BCUT2D eigenvalue weighted by molar-refractivity contribution is 9.11. The number of halogens is 4. The molecule has 27 heavy (non-hydrogen) atoms. The average Bonchev–Trinajstić information content (AvgIpc) is 2.62. The zero-order valence-electron chi connectivity index (χ0n) is 14.5. The van der Waals surface area contributed by atoms with Crippen LogP contribution in [0.5, 0.6) is 5.75 Å². The van der Waals surface area contributed by atoms with Crippen LogP contribution < -0.4 is 10.1 Å². The van der Waals surface area contributed by atoms with Crippen LogP contribution in [0.25, 0.3) is 0 Å². The van der Waals surface area contributed by atoms with E-state index in [9.17, 15) is 0 Å². The highest BCUT2D eigenvalue weighted by Gasteiger charge is 2.12. The minimum Gasteiger partial charge on any atom is -0.487 e. The minimum absolute atomic E-state index is 0.435. The Morgan fingerprint density at radius 1 is 1.00 bits per heavy atom. The first-order chi connectivity index (χ1) is 12.9. The Kier molecular flexibility index (Phi) is 7.10. The van der Waals surface area contributed by atoms with E-state index in [0.29, 0.717) is 18.2 Å². The first-order valence-corrected chi connectivity index (χ1v) is 10.6. The van der Waals surface area contributed by atoms with Crippen LogP contribution in [0.1, 0.15) is 16.7 Å². The van der Waals surface area contributed by atoms with Crippen molar-refractivity contribution in [3.8, 4) is 5.75 Å². The first kappa shape index (κ1) is 20.5. The lowest BCUT2D eigenvalue weighted by Crippen LogP contribution is -2.05. The molecular weight excluding hydrogens is 513 g/mol. The summed E-state index contributed by atoms with van der Waals surface area (Å²) in [7, 11) is 0. The van der Waals surface area contributed by atoms with E-state index in [1.165, 1.54) is 0 Å². The number of nitrogens with one attached hydrogen (secondary N) is 1. The second-order valence-corrected chi connectivity index (χ2v) is 8.67. The van der Waals surface area contributed by atoms with E-state index in [-0.39, 0.29) is 0 Å². The summed E-state index contributed by atoms with van der Waals surface area (Å²) in [5.41, 5.74) is 4.06. The van der Waals surface area contributed by atoms with Gasteiger partial charge in [0.25, 0.3) is 0 Å². The third kappa shape index (κ3) is 5.41. The molecule has 0 aromatic heterocycles. The highest BCUT2D eigenvalue weighted by Crippen LogP contribution is 2.34. The maximum absolute atomic E-state index is 6.22. The van der Waals surface area contributed by atoms with Gasteiger partial charge in [-0.25, -0.2) is 0 Å². The lowest BCUT2D eigenvalue weighted by Gasteiger charge is -2.16. The van der Waals surface area contributed by atoms with E-state index in [1.54, 1.807) is 0 Å². The maximum atomic E-state index is 6.22. The summed E-state index contributed by atoms with van der Waals surface area (Å²) in [5.74, 6) is 0.797. The van der Waals surface area contributed by atoms with Gasteiger partial charge in [-0.2, -0.15) is 0 Å². The monoisotopic (exact) mass is 527 g/mol. The van der Waals surface area contributed by atoms with Crippen molar-refractivity contribution in [1.82, 2.24) is 0 Å². The molecule has 0 aliphatic rings. The molecule has 0 saturated heterocycles. The summed E-state index contributed by atoms with van der Waals surface area (Å²) in [5, 5.41) is 4.89. The van der Waals surface area contributed by atoms with Crippen molar-refractivity contribution in [1.29, 1.82) is 0 Å². The number of anilines is 1. The van der Waals surface area contributed by atoms with Gasteiger partial charge >= 0.3 is 0 Å². The minimum atomic E-state index is 0.435. The average molecular weight is 530 g/mol. The fourth-order valence-electron chi connectivity index (χ4n) is 2.68. The van der Waals surface area contributed by atoms with Gasteiger partial charge in [-0.1, -0.05) is 57.3 Å². The molecule has 0 atom stereocenters. The van der Waals surface area contributed by atoms with E-state index in [1.807, 2.05) is 61.5 Å². The fourth-order valence-corrected chi connectivity index (χ4v) is 4.49. The third-order valence-electron chi connectivity index (χ3n) is 4.09. The summed E-state index contributed by atoms with van der Waals surface area (Å²) in [6, 6.07) is 17.5. The van der Waals surface area contributed by atoms with Crippen molar-refractivity contribution in [3.05, 3.63) is 90.3 Å². The predicted octanol–water partition coefficient (Wildman–Crippen LogP) is 8.02. The molecule has 140 valence electrons. The smallest absolute Gasteiger partial charge is 0.139 e. The van der Waals surface area contributed by atoms with Gasteiger partial charge in [-0.05, 0) is 70.4 Å². The van der Waals surface area contributed by atoms with Crippen LogP contribution in [0.3, 0.4) is 0 Å². The Labute approximate surface area is 186 Å². The van der Waals surface area contributed by atoms with Crippen molar-refractivity contribution in [3.63, 3.8) is 0 Å². The van der Waals surface area contributed by atoms with Crippen molar-refractivity contribution in [2.75, 3.05) is 5.32 Å². The number of hydrogen-bond donors (Lipinski definition) is 1. The van der Waals surface area contributed by atoms with E-state index in [2.05, 4.69) is 37.2 Å². The maximum Gasteiger partial charge on any atom is 0.139 e. The normalized spacial score (nSPS) is 10.7. The van der Waals surface area contributed by atoms with Crippen LogP contribution in [0.15, 0.2) is 63.5 Å². The van der Waals surface area contributed by atoms with Crippen LogP contribution in [-0.4, -0.2) is 0 Å². The molecule has 0 aliphatic heterocycles. The van der Waals surface area contributed by atoms with E-state index >= 15 is 0 Å². The van der Waals surface area contributed by atoms with Crippen molar-refractivity contribution in [2.45, 2.75) is 20.1 Å². The molecule has 6 heteroatoms. The molecular formula is C21H17Br2Cl2NO. The van der Waals surface area contributed by atoms with E-state index in [0.717, 1.165) is 42.1 Å². The van der Waals surface area contributed by atoms with Crippen molar-refractivity contribution in [2.24, 2.45) is 0 Å². The number of hydrogen-bond acceptors (Lipinski definition) is 2. The first-order valence-electron chi connectivity index (χ1n) is 8.28. The molecule has 3 aromatic carbocycles. The Morgan fingerprint density at radius 3 is 2.56 bits per heavy atom. The van der Waals surface area contributed by atoms with Gasteiger partial charge in [0.2, 0.25) is 0 Å². The van der Waals surface area contributed by atoms with Crippen molar-refractivity contribution >= 4 is 60.7 Å². The van der Waals surface area contributed by atoms with Gasteiger partial charge in [0, 0.05) is 32.3 Å². The molecule has 0 saturated carbocycles. The Hall–Kier alpha value is -1.20. The molecule has 0 radical (unpaired) electrons. The SMILES string of the molecule is Cc1c(Cl)cccc1NCc1cc(Br)cc(Br)c1OCc1cccc(Cl)c1.